The van der Waals surface area contributed by atoms with Gasteiger partial charge >= 0.3 is 6.03 Å². The summed E-state index contributed by atoms with van der Waals surface area (Å²) in [6, 6.07) is 18.9. The molecule has 2 fully saturated rings. The minimum Gasteiger partial charge on any atom is -0.378 e. The molecular formula is C31H38N6O2. The Labute approximate surface area is 230 Å². The highest BCUT2D eigenvalue weighted by Crippen LogP contribution is 2.51. The number of anilines is 1. The van der Waals surface area contributed by atoms with Gasteiger partial charge in [0, 0.05) is 49.7 Å². The normalized spacial score (nSPS) is 25.7. The SMILES string of the molecule is O=C(NCCCn1ccnc1)N[C@@H]1CCCC[C@@H]1C(=O)N1CC[C@H]2[C@H](c3ccccc3)Nc3ccccc3[C@@H]21. The Hall–Kier alpha value is -3.81. The van der Waals surface area contributed by atoms with Gasteiger partial charge in [0.25, 0.3) is 0 Å². The molecule has 8 nitrogen and oxygen atoms in total. The standard InChI is InChI=1S/C31H38N6O2/c38-30(24-12-5-7-14-27(24)35-31(39)33-16-8-18-36-20-17-32-21-36)37-19-15-25-28(22-9-2-1-3-10-22)34-26-13-6-4-11-23(26)29(25)37/h1-4,6,9-11,13,17,20-21,24-25,27-29,34H,5,7-8,12,14-16,18-19H2,(H2,33,35,39)/t24-,25-,27+,28-,29-/m0/s1. The minimum absolute atomic E-state index is 0.0414. The number of amides is 3. The molecule has 3 aromatic rings. The first-order valence-corrected chi connectivity index (χ1v) is 14.4. The lowest BCUT2D eigenvalue weighted by Crippen LogP contribution is -2.52. The van der Waals surface area contributed by atoms with Crippen LogP contribution in [-0.2, 0) is 11.3 Å². The average Bonchev–Trinajstić information content (AvgIpc) is 3.66. The number of aromatic nitrogens is 2. The number of rotatable bonds is 7. The number of nitrogens with one attached hydrogen (secondary N) is 3. The predicted molar refractivity (Wildman–Crippen MR) is 151 cm³/mol. The number of benzene rings is 2. The fourth-order valence-corrected chi connectivity index (χ4v) is 6.88. The van der Waals surface area contributed by atoms with Gasteiger partial charge in [-0.15, -0.1) is 0 Å². The van der Waals surface area contributed by atoms with E-state index in [4.69, 9.17) is 0 Å². The number of para-hydroxylation sites is 1. The molecule has 2 aliphatic heterocycles. The van der Waals surface area contributed by atoms with Gasteiger partial charge in [-0.3, -0.25) is 4.79 Å². The number of likely N-dealkylation sites (tertiary alicyclic amines) is 1. The molecule has 1 aliphatic carbocycles. The van der Waals surface area contributed by atoms with Crippen LogP contribution in [-0.4, -0.2) is 45.5 Å². The fourth-order valence-electron chi connectivity index (χ4n) is 6.88. The van der Waals surface area contributed by atoms with E-state index >= 15 is 0 Å². The van der Waals surface area contributed by atoms with Crippen molar-refractivity contribution < 1.29 is 9.59 Å². The molecule has 3 aliphatic rings. The lowest BCUT2D eigenvalue weighted by Gasteiger charge is -2.42. The van der Waals surface area contributed by atoms with Crippen LogP contribution in [0.15, 0.2) is 73.3 Å². The van der Waals surface area contributed by atoms with Crippen molar-refractivity contribution in [2.75, 3.05) is 18.4 Å². The van der Waals surface area contributed by atoms with Gasteiger partial charge in [-0.05, 0) is 42.9 Å². The third-order valence-corrected chi connectivity index (χ3v) is 8.74. The van der Waals surface area contributed by atoms with Gasteiger partial charge in [-0.25, -0.2) is 9.78 Å². The number of aryl methyl sites for hydroxylation is 1. The van der Waals surface area contributed by atoms with Gasteiger partial charge in [0.15, 0.2) is 0 Å². The molecule has 6 rings (SSSR count). The van der Waals surface area contributed by atoms with Gasteiger partial charge in [-0.2, -0.15) is 0 Å². The van der Waals surface area contributed by atoms with E-state index in [2.05, 4.69) is 74.4 Å². The second-order valence-electron chi connectivity index (χ2n) is 11.1. The first kappa shape index (κ1) is 25.5. The molecule has 1 saturated heterocycles. The Kier molecular flexibility index (Phi) is 7.52. The Morgan fingerprint density at radius 3 is 2.67 bits per heavy atom. The van der Waals surface area contributed by atoms with E-state index in [-0.39, 0.29) is 36.0 Å². The summed E-state index contributed by atoms with van der Waals surface area (Å²) in [5.74, 6) is 0.308. The highest BCUT2D eigenvalue weighted by molar-refractivity contribution is 5.82. The molecule has 1 saturated carbocycles. The van der Waals surface area contributed by atoms with E-state index in [1.807, 2.05) is 16.8 Å². The number of urea groups is 1. The highest BCUT2D eigenvalue weighted by atomic mass is 16.2. The van der Waals surface area contributed by atoms with Crippen molar-refractivity contribution in [1.29, 1.82) is 0 Å². The van der Waals surface area contributed by atoms with Crippen molar-refractivity contribution in [1.82, 2.24) is 25.1 Å². The van der Waals surface area contributed by atoms with Crippen molar-refractivity contribution in [3.63, 3.8) is 0 Å². The largest absolute Gasteiger partial charge is 0.378 e. The second-order valence-corrected chi connectivity index (χ2v) is 11.1. The average molecular weight is 527 g/mol. The first-order chi connectivity index (χ1) is 19.2. The number of imidazole rings is 1. The number of carbonyl (C=O) groups excluding carboxylic acids is 2. The van der Waals surface area contributed by atoms with E-state index in [0.29, 0.717) is 12.5 Å². The molecule has 0 radical (unpaired) electrons. The monoisotopic (exact) mass is 526 g/mol. The Balaban J connectivity index is 1.15. The molecule has 5 atom stereocenters. The van der Waals surface area contributed by atoms with E-state index in [1.165, 1.54) is 11.1 Å². The summed E-state index contributed by atoms with van der Waals surface area (Å²) < 4.78 is 2.00. The first-order valence-electron chi connectivity index (χ1n) is 14.4. The van der Waals surface area contributed by atoms with Gasteiger partial charge in [0.2, 0.25) is 5.91 Å². The summed E-state index contributed by atoms with van der Waals surface area (Å²) in [7, 11) is 0. The maximum Gasteiger partial charge on any atom is 0.315 e. The van der Waals surface area contributed by atoms with E-state index in [1.54, 1.807) is 12.5 Å². The lowest BCUT2D eigenvalue weighted by atomic mass is 9.79. The van der Waals surface area contributed by atoms with Crippen LogP contribution in [0.1, 0.15) is 61.7 Å². The summed E-state index contributed by atoms with van der Waals surface area (Å²) in [4.78, 5) is 33.2. The number of fused-ring (bicyclic) bond motifs is 3. The minimum atomic E-state index is -0.188. The van der Waals surface area contributed by atoms with Gasteiger partial charge in [0.05, 0.1) is 24.3 Å². The van der Waals surface area contributed by atoms with Crippen LogP contribution in [0, 0.1) is 11.8 Å². The fraction of sp³-hybridized carbons (Fsp3) is 0.452. The smallest absolute Gasteiger partial charge is 0.315 e. The molecule has 0 bridgehead atoms. The quantitative estimate of drug-likeness (QED) is 0.383. The summed E-state index contributed by atoms with van der Waals surface area (Å²) in [5.41, 5.74) is 3.58. The molecule has 3 N–H and O–H groups in total. The van der Waals surface area contributed by atoms with Crippen molar-refractivity contribution in [2.24, 2.45) is 11.8 Å². The van der Waals surface area contributed by atoms with E-state index in [9.17, 15) is 9.59 Å². The maximum absolute atomic E-state index is 14.2. The van der Waals surface area contributed by atoms with E-state index < -0.39 is 0 Å². The van der Waals surface area contributed by atoms with Crippen molar-refractivity contribution in [3.05, 3.63) is 84.4 Å². The molecule has 3 amide bonds. The van der Waals surface area contributed by atoms with Crippen LogP contribution >= 0.6 is 0 Å². The van der Waals surface area contributed by atoms with E-state index in [0.717, 1.165) is 57.3 Å². The number of hydrogen-bond acceptors (Lipinski definition) is 4. The van der Waals surface area contributed by atoms with Crippen LogP contribution in [0.4, 0.5) is 10.5 Å². The summed E-state index contributed by atoms with van der Waals surface area (Å²) in [6.45, 7) is 2.13. The third kappa shape index (κ3) is 5.37. The summed E-state index contributed by atoms with van der Waals surface area (Å²) in [5, 5.41) is 9.93. The Bertz CT molecular complexity index is 1260. The Morgan fingerprint density at radius 1 is 1.00 bits per heavy atom. The molecule has 0 unspecified atom stereocenters. The van der Waals surface area contributed by atoms with Crippen LogP contribution < -0.4 is 16.0 Å². The predicted octanol–water partition coefficient (Wildman–Crippen LogP) is 4.89. The van der Waals surface area contributed by atoms with Gasteiger partial charge in [0.1, 0.15) is 0 Å². The second kappa shape index (κ2) is 11.5. The van der Waals surface area contributed by atoms with Crippen molar-refractivity contribution in [3.8, 4) is 0 Å². The van der Waals surface area contributed by atoms with Crippen LogP contribution in [0.3, 0.4) is 0 Å². The zero-order valence-electron chi connectivity index (χ0n) is 22.3. The van der Waals surface area contributed by atoms with Crippen molar-refractivity contribution >= 4 is 17.6 Å². The van der Waals surface area contributed by atoms with Crippen LogP contribution in [0.25, 0.3) is 0 Å². The molecule has 2 aromatic carbocycles. The van der Waals surface area contributed by atoms with Crippen molar-refractivity contribution in [2.45, 2.75) is 63.2 Å². The molecule has 3 heterocycles. The molecule has 1 aromatic heterocycles. The van der Waals surface area contributed by atoms with Gasteiger partial charge in [-0.1, -0.05) is 61.4 Å². The summed E-state index contributed by atoms with van der Waals surface area (Å²) >= 11 is 0. The van der Waals surface area contributed by atoms with Gasteiger partial charge < -0.3 is 25.4 Å². The molecular weight excluding hydrogens is 488 g/mol. The molecule has 0 spiro atoms. The Morgan fingerprint density at radius 2 is 1.82 bits per heavy atom. The summed E-state index contributed by atoms with van der Waals surface area (Å²) in [6.07, 6.45) is 11.0. The molecule has 8 heteroatoms. The number of carbonyl (C=O) groups is 2. The number of nitrogens with zero attached hydrogens (tertiary/aromatic N) is 3. The zero-order valence-corrected chi connectivity index (χ0v) is 22.3. The van der Waals surface area contributed by atoms with Crippen LogP contribution in [0.5, 0.6) is 0 Å². The lowest BCUT2D eigenvalue weighted by molar-refractivity contribution is -0.138. The third-order valence-electron chi connectivity index (χ3n) is 8.74. The highest BCUT2D eigenvalue weighted by Gasteiger charge is 2.48. The zero-order chi connectivity index (χ0) is 26.6. The molecule has 39 heavy (non-hydrogen) atoms. The maximum atomic E-state index is 14.2. The molecule has 204 valence electrons. The topological polar surface area (TPSA) is 91.3 Å². The van der Waals surface area contributed by atoms with Crippen LogP contribution in [0.2, 0.25) is 0 Å². The number of hydrogen-bond donors (Lipinski definition) is 3.